The van der Waals surface area contributed by atoms with Gasteiger partial charge in [0.2, 0.25) is 0 Å². The summed E-state index contributed by atoms with van der Waals surface area (Å²) in [6, 6.07) is 0. The van der Waals surface area contributed by atoms with Crippen LogP contribution in [0.1, 0.15) is 265 Å². The van der Waals surface area contributed by atoms with Crippen LogP contribution in [0.4, 0.5) is 0 Å². The number of hydrogen-bond acceptors (Lipinski definition) is 8. The summed E-state index contributed by atoms with van der Waals surface area (Å²) in [5.74, 6) is -1.60. The fraction of sp³-hybridized carbons (Fsp3) is 0.842. The Morgan fingerprint density at radius 2 is 0.938 bits per heavy atom. The lowest BCUT2D eigenvalue weighted by Gasteiger charge is -2.29. The van der Waals surface area contributed by atoms with E-state index >= 15 is 0 Å². The maximum absolute atomic E-state index is 12.7. The molecule has 65 heavy (non-hydrogen) atoms. The maximum atomic E-state index is 12.7. The van der Waals surface area contributed by atoms with Crippen molar-refractivity contribution in [1.82, 2.24) is 0 Å². The smallest absolute Gasteiger partial charge is 0.305 e. The molecule has 0 saturated heterocycles. The molecule has 382 valence electrons. The summed E-state index contributed by atoms with van der Waals surface area (Å²) < 4.78 is 11.7. The molecule has 0 amide bonds. The van der Waals surface area contributed by atoms with Crippen molar-refractivity contribution in [2.45, 2.75) is 289 Å². The Labute approximate surface area is 401 Å². The minimum absolute atomic E-state index is 0.0124. The third-order valence-electron chi connectivity index (χ3n) is 12.1. The molecule has 0 fully saturated rings. The van der Waals surface area contributed by atoms with Crippen molar-refractivity contribution >= 4 is 5.97 Å². The zero-order valence-electron chi connectivity index (χ0n) is 43.0. The number of hydrogen-bond donors (Lipinski definition) is 3. The van der Waals surface area contributed by atoms with Crippen LogP contribution in [0.3, 0.4) is 0 Å². The van der Waals surface area contributed by atoms with E-state index < -0.39 is 24.1 Å². The topological polar surface area (TPSA) is 115 Å². The maximum Gasteiger partial charge on any atom is 0.305 e. The normalized spacial score (nSPS) is 14.6. The standard InChI is InChI=1S/C57H106O8/c1-5-8-11-13-15-17-19-21-23-25-27-29-34-38-43-48-56(60)62-51-53(65-57(4,61)49-44-39-35-31-28-26-24-22-20-18-16-14-12-9-6-2)52-64-63-50-45-40-36-32-30-33-37-42-47-55(59)54(58)46-41-10-7-3/h16,18,21-24,37,42,53-55,58-59,61H,5-15,17,19-20,25-36,38-41,43-52H2,1-4H3/b18-16+,23-21+,24-22+,42-37+. The fourth-order valence-corrected chi connectivity index (χ4v) is 7.84. The van der Waals surface area contributed by atoms with Gasteiger partial charge in [0.05, 0.1) is 18.8 Å². The van der Waals surface area contributed by atoms with Gasteiger partial charge in [0.15, 0.2) is 5.79 Å². The Kier molecular flexibility index (Phi) is 48.7. The third-order valence-corrected chi connectivity index (χ3v) is 12.1. The van der Waals surface area contributed by atoms with Crippen LogP contribution < -0.4 is 0 Å². The van der Waals surface area contributed by atoms with Crippen molar-refractivity contribution in [2.24, 2.45) is 0 Å². The molecule has 3 N–H and O–H groups in total. The van der Waals surface area contributed by atoms with Gasteiger partial charge in [0.25, 0.3) is 0 Å². The van der Waals surface area contributed by atoms with Gasteiger partial charge in [-0.05, 0) is 110 Å². The number of esters is 1. The zero-order valence-corrected chi connectivity index (χ0v) is 43.0. The van der Waals surface area contributed by atoms with Crippen molar-refractivity contribution in [3.8, 4) is 0 Å². The number of aliphatic hydroxyl groups excluding tert-OH is 2. The molecule has 0 aromatic carbocycles. The molecule has 0 radical (unpaired) electrons. The van der Waals surface area contributed by atoms with E-state index in [1.54, 1.807) is 6.92 Å². The van der Waals surface area contributed by atoms with Crippen LogP contribution in [-0.2, 0) is 24.0 Å². The predicted octanol–water partition coefficient (Wildman–Crippen LogP) is 16.0. The van der Waals surface area contributed by atoms with Crippen LogP contribution in [0.15, 0.2) is 48.6 Å². The number of carbonyl (C=O) groups is 1. The summed E-state index contributed by atoms with van der Waals surface area (Å²) in [7, 11) is 0. The molecule has 0 aromatic heterocycles. The molecule has 0 spiro atoms. The highest BCUT2D eigenvalue weighted by Crippen LogP contribution is 2.21. The van der Waals surface area contributed by atoms with E-state index in [0.717, 1.165) is 116 Å². The number of rotatable bonds is 51. The molecule has 0 saturated carbocycles. The quantitative estimate of drug-likeness (QED) is 0.0138. The lowest BCUT2D eigenvalue weighted by Crippen LogP contribution is -2.38. The molecule has 8 heteroatoms. The molecule has 0 aromatic rings. The molecular weight excluding hydrogens is 813 g/mol. The first-order valence-corrected chi connectivity index (χ1v) is 27.5. The molecule has 4 atom stereocenters. The second-order valence-corrected chi connectivity index (χ2v) is 18.9. The molecule has 0 aliphatic rings. The summed E-state index contributed by atoms with van der Waals surface area (Å²) >= 11 is 0. The molecule has 0 rings (SSSR count). The number of allylic oxidation sites excluding steroid dienone is 7. The average molecular weight is 919 g/mol. The first kappa shape index (κ1) is 63.2. The van der Waals surface area contributed by atoms with E-state index in [1.807, 2.05) is 6.08 Å². The predicted molar refractivity (Wildman–Crippen MR) is 275 cm³/mol. The number of ether oxygens (including phenoxy) is 2. The van der Waals surface area contributed by atoms with Gasteiger partial charge in [0.1, 0.15) is 19.3 Å². The Morgan fingerprint density at radius 1 is 0.492 bits per heavy atom. The van der Waals surface area contributed by atoms with Crippen molar-refractivity contribution in [1.29, 1.82) is 0 Å². The van der Waals surface area contributed by atoms with Gasteiger partial charge in [-0.2, -0.15) is 0 Å². The van der Waals surface area contributed by atoms with Crippen LogP contribution in [0.5, 0.6) is 0 Å². The summed E-state index contributed by atoms with van der Waals surface area (Å²) in [5.41, 5.74) is 0. The summed E-state index contributed by atoms with van der Waals surface area (Å²) in [4.78, 5) is 23.7. The molecule has 0 bridgehead atoms. The first-order valence-electron chi connectivity index (χ1n) is 27.5. The van der Waals surface area contributed by atoms with Gasteiger partial charge in [0, 0.05) is 12.8 Å². The van der Waals surface area contributed by atoms with Crippen molar-refractivity contribution in [3.63, 3.8) is 0 Å². The summed E-state index contributed by atoms with van der Waals surface area (Å²) in [5, 5.41) is 31.4. The van der Waals surface area contributed by atoms with Crippen LogP contribution in [0.2, 0.25) is 0 Å². The van der Waals surface area contributed by atoms with Crippen LogP contribution in [0, 0.1) is 0 Å². The summed E-state index contributed by atoms with van der Waals surface area (Å²) in [6.45, 7) is 8.87. The van der Waals surface area contributed by atoms with Gasteiger partial charge >= 0.3 is 5.97 Å². The highest BCUT2D eigenvalue weighted by Gasteiger charge is 2.27. The SMILES string of the molecule is CCCCC/C=C/C/C=C/CCCCCCCC(C)(O)OC(COOCCCCCCC/C=C/CC(O)C(O)CCCCC)COC(=O)CCCCCCC/C=C/CCCCCCCC. The largest absolute Gasteiger partial charge is 0.463 e. The van der Waals surface area contributed by atoms with Crippen molar-refractivity contribution in [2.75, 3.05) is 19.8 Å². The Hall–Kier alpha value is -1.81. The Morgan fingerprint density at radius 3 is 1.52 bits per heavy atom. The minimum atomic E-state index is -1.36. The van der Waals surface area contributed by atoms with E-state index in [1.165, 1.54) is 96.3 Å². The minimum Gasteiger partial charge on any atom is -0.463 e. The monoisotopic (exact) mass is 919 g/mol. The summed E-state index contributed by atoms with van der Waals surface area (Å²) in [6.07, 6.45) is 55.8. The van der Waals surface area contributed by atoms with E-state index in [4.69, 9.17) is 19.2 Å². The van der Waals surface area contributed by atoms with E-state index in [2.05, 4.69) is 63.3 Å². The molecule has 8 nitrogen and oxygen atoms in total. The Bertz CT molecular complexity index is 1100. The van der Waals surface area contributed by atoms with E-state index in [-0.39, 0.29) is 19.2 Å². The molecule has 0 aliphatic heterocycles. The number of unbranched alkanes of at least 4 members (excludes halogenated alkanes) is 26. The first-order chi connectivity index (χ1) is 31.8. The molecule has 0 heterocycles. The van der Waals surface area contributed by atoms with E-state index in [9.17, 15) is 20.1 Å². The number of carbonyl (C=O) groups excluding carboxylic acids is 1. The molecule has 0 aliphatic carbocycles. The van der Waals surface area contributed by atoms with Crippen LogP contribution in [0.25, 0.3) is 0 Å². The number of aliphatic hydroxyl groups is 3. The molecule has 4 unspecified atom stereocenters. The van der Waals surface area contributed by atoms with Gasteiger partial charge in [-0.15, -0.1) is 0 Å². The Balaban J connectivity index is 4.48. The second-order valence-electron chi connectivity index (χ2n) is 18.9. The average Bonchev–Trinajstić information content (AvgIpc) is 3.29. The lowest BCUT2D eigenvalue weighted by molar-refractivity contribution is -0.326. The molecular formula is C57H106O8. The lowest BCUT2D eigenvalue weighted by atomic mass is 10.0. The van der Waals surface area contributed by atoms with E-state index in [0.29, 0.717) is 32.3 Å². The highest BCUT2D eigenvalue weighted by molar-refractivity contribution is 5.69. The third kappa shape index (κ3) is 48.5. The van der Waals surface area contributed by atoms with Gasteiger partial charge < -0.3 is 24.8 Å². The van der Waals surface area contributed by atoms with Crippen molar-refractivity contribution < 1.29 is 39.4 Å². The highest BCUT2D eigenvalue weighted by atomic mass is 17.2. The zero-order chi connectivity index (χ0) is 47.6. The van der Waals surface area contributed by atoms with Gasteiger partial charge in [-0.25, -0.2) is 9.78 Å². The fourth-order valence-electron chi connectivity index (χ4n) is 7.84. The van der Waals surface area contributed by atoms with Crippen molar-refractivity contribution in [3.05, 3.63) is 48.6 Å². The van der Waals surface area contributed by atoms with Crippen LogP contribution >= 0.6 is 0 Å². The van der Waals surface area contributed by atoms with Gasteiger partial charge in [-0.1, -0.05) is 191 Å². The van der Waals surface area contributed by atoms with Gasteiger partial charge in [-0.3, -0.25) is 4.79 Å². The van der Waals surface area contributed by atoms with Crippen LogP contribution in [-0.4, -0.2) is 65.2 Å². The second kappa shape index (κ2) is 50.1.